The Morgan fingerprint density at radius 2 is 2.22 bits per heavy atom. The molecule has 1 heterocycles. The Bertz CT molecular complexity index is 649. The monoisotopic (exact) mass is 269 g/mol. The molecule has 0 unspecified atom stereocenters. The lowest BCUT2D eigenvalue weighted by molar-refractivity contribution is 0.204. The van der Waals surface area contributed by atoms with Crippen molar-refractivity contribution in [2.24, 2.45) is 0 Å². The van der Waals surface area contributed by atoms with Crippen molar-refractivity contribution < 1.29 is 13.2 Å². The van der Waals surface area contributed by atoms with Gasteiger partial charge < -0.3 is 15.5 Å². The molecule has 18 heavy (non-hydrogen) atoms. The van der Waals surface area contributed by atoms with Gasteiger partial charge in [0.15, 0.2) is 0 Å². The molecule has 0 bridgehead atoms. The average Bonchev–Trinajstić information content (AvgIpc) is 2.72. The Kier molecular flexibility index (Phi) is 3.55. The van der Waals surface area contributed by atoms with E-state index in [-0.39, 0.29) is 11.4 Å². The van der Waals surface area contributed by atoms with Gasteiger partial charge in [-0.25, -0.2) is 13.1 Å². The van der Waals surface area contributed by atoms with Crippen LogP contribution in [0.5, 0.6) is 0 Å². The lowest BCUT2D eigenvalue weighted by Crippen LogP contribution is -2.27. The van der Waals surface area contributed by atoms with Gasteiger partial charge in [0.1, 0.15) is 4.90 Å². The lowest BCUT2D eigenvalue weighted by atomic mass is 10.2. The van der Waals surface area contributed by atoms with E-state index in [1.54, 1.807) is 18.2 Å². The number of anilines is 1. The molecule has 2 aromatic rings. The van der Waals surface area contributed by atoms with Gasteiger partial charge in [-0.3, -0.25) is 0 Å². The third-order valence-corrected chi connectivity index (χ3v) is 4.06. The summed E-state index contributed by atoms with van der Waals surface area (Å²) in [6.45, 7) is 0.564. The molecule has 0 aliphatic carbocycles. The number of aromatic nitrogens is 1. The zero-order valence-corrected chi connectivity index (χ0v) is 10.8. The van der Waals surface area contributed by atoms with E-state index in [2.05, 4.69) is 9.71 Å². The van der Waals surface area contributed by atoms with Crippen molar-refractivity contribution in [2.75, 3.05) is 26.0 Å². The Labute approximate surface area is 105 Å². The van der Waals surface area contributed by atoms with Gasteiger partial charge in [0.2, 0.25) is 10.0 Å². The maximum atomic E-state index is 12.0. The number of hydrogen-bond acceptors (Lipinski definition) is 4. The molecule has 0 aliphatic rings. The number of nitrogen functional groups attached to an aromatic ring is 1. The van der Waals surface area contributed by atoms with Crippen LogP contribution < -0.4 is 10.5 Å². The van der Waals surface area contributed by atoms with Crippen LogP contribution in [0.15, 0.2) is 29.3 Å². The first-order chi connectivity index (χ1) is 8.54. The molecule has 2 rings (SSSR count). The second-order valence-corrected chi connectivity index (χ2v) is 5.58. The summed E-state index contributed by atoms with van der Waals surface area (Å²) in [4.78, 5) is 3.11. The van der Waals surface area contributed by atoms with Crippen molar-refractivity contribution in [3.05, 3.63) is 24.4 Å². The number of nitrogens with two attached hydrogens (primary N) is 1. The molecule has 6 nitrogen and oxygen atoms in total. The maximum Gasteiger partial charge on any atom is 0.242 e. The molecule has 1 aromatic heterocycles. The van der Waals surface area contributed by atoms with Crippen LogP contribution in [-0.2, 0) is 14.8 Å². The molecule has 0 aliphatic heterocycles. The van der Waals surface area contributed by atoms with E-state index in [4.69, 9.17) is 10.5 Å². The lowest BCUT2D eigenvalue weighted by Gasteiger charge is -2.04. The Morgan fingerprint density at radius 3 is 2.94 bits per heavy atom. The third-order valence-electron chi connectivity index (χ3n) is 2.56. The fourth-order valence-electron chi connectivity index (χ4n) is 1.70. The van der Waals surface area contributed by atoms with Gasteiger partial charge in [-0.2, -0.15) is 0 Å². The van der Waals surface area contributed by atoms with Crippen molar-refractivity contribution in [2.45, 2.75) is 4.90 Å². The van der Waals surface area contributed by atoms with Crippen LogP contribution in [0.1, 0.15) is 0 Å². The first-order valence-electron chi connectivity index (χ1n) is 5.40. The number of methoxy groups -OCH3 is 1. The average molecular weight is 269 g/mol. The van der Waals surface area contributed by atoms with Gasteiger partial charge in [0.05, 0.1) is 6.61 Å². The molecule has 7 heteroatoms. The fraction of sp³-hybridized carbons (Fsp3) is 0.273. The van der Waals surface area contributed by atoms with Crippen molar-refractivity contribution in [1.29, 1.82) is 0 Å². The standard InChI is InChI=1S/C11H15N3O3S/c1-17-5-4-14-18(15,16)11-7-13-10-6-8(12)2-3-9(10)11/h2-3,6-7,13-14H,4-5,12H2,1H3. The number of rotatable bonds is 5. The van der Waals surface area contributed by atoms with E-state index in [0.717, 1.165) is 0 Å². The smallest absolute Gasteiger partial charge is 0.242 e. The predicted octanol–water partition coefficient (Wildman–Crippen LogP) is 0.675. The summed E-state index contributed by atoms with van der Waals surface area (Å²) in [5.41, 5.74) is 6.92. The van der Waals surface area contributed by atoms with Crippen LogP contribution >= 0.6 is 0 Å². The molecule has 0 amide bonds. The zero-order valence-electron chi connectivity index (χ0n) is 9.93. The highest BCUT2D eigenvalue weighted by atomic mass is 32.2. The number of H-pyrrole nitrogens is 1. The minimum Gasteiger partial charge on any atom is -0.399 e. The van der Waals surface area contributed by atoms with E-state index in [9.17, 15) is 8.42 Å². The van der Waals surface area contributed by atoms with E-state index >= 15 is 0 Å². The highest BCUT2D eigenvalue weighted by molar-refractivity contribution is 7.89. The minimum atomic E-state index is -3.53. The SMILES string of the molecule is COCCNS(=O)(=O)c1c[nH]c2cc(N)ccc12. The molecule has 0 spiro atoms. The maximum absolute atomic E-state index is 12.0. The molecule has 98 valence electrons. The molecule has 4 N–H and O–H groups in total. The van der Waals surface area contributed by atoms with Crippen LogP contribution in [-0.4, -0.2) is 33.7 Å². The third kappa shape index (κ3) is 2.47. The molecule has 1 aromatic carbocycles. The quantitative estimate of drug-likeness (QED) is 0.549. The van der Waals surface area contributed by atoms with Crippen LogP contribution in [0.4, 0.5) is 5.69 Å². The Hall–Kier alpha value is -1.57. The summed E-state index contributed by atoms with van der Waals surface area (Å²) in [6, 6.07) is 5.06. The highest BCUT2D eigenvalue weighted by Gasteiger charge is 2.18. The van der Waals surface area contributed by atoms with Gasteiger partial charge in [-0.15, -0.1) is 0 Å². The number of sulfonamides is 1. The molecular formula is C11H15N3O3S. The Morgan fingerprint density at radius 1 is 1.44 bits per heavy atom. The van der Waals surface area contributed by atoms with Crippen molar-refractivity contribution in [3.63, 3.8) is 0 Å². The second kappa shape index (κ2) is 4.97. The van der Waals surface area contributed by atoms with Crippen molar-refractivity contribution in [3.8, 4) is 0 Å². The van der Waals surface area contributed by atoms with Crippen molar-refractivity contribution >= 4 is 26.6 Å². The van der Waals surface area contributed by atoms with Crippen LogP contribution in [0.3, 0.4) is 0 Å². The summed E-state index contributed by atoms with van der Waals surface area (Å²) in [6.07, 6.45) is 1.46. The second-order valence-electron chi connectivity index (χ2n) is 3.85. The topological polar surface area (TPSA) is 97.2 Å². The van der Waals surface area contributed by atoms with Crippen LogP contribution in [0.25, 0.3) is 10.9 Å². The largest absolute Gasteiger partial charge is 0.399 e. The first-order valence-corrected chi connectivity index (χ1v) is 6.88. The van der Waals surface area contributed by atoms with Crippen LogP contribution in [0, 0.1) is 0 Å². The molecule has 0 atom stereocenters. The molecule has 0 radical (unpaired) electrons. The number of benzene rings is 1. The van der Waals surface area contributed by atoms with Gasteiger partial charge in [-0.05, 0) is 18.2 Å². The summed E-state index contributed by atoms with van der Waals surface area (Å²) < 4.78 is 31.4. The van der Waals surface area contributed by atoms with E-state index in [1.807, 2.05) is 0 Å². The van der Waals surface area contributed by atoms with Gasteiger partial charge in [0.25, 0.3) is 0 Å². The number of aromatic amines is 1. The minimum absolute atomic E-state index is 0.216. The molecule has 0 saturated carbocycles. The number of hydrogen-bond donors (Lipinski definition) is 3. The summed E-state index contributed by atoms with van der Waals surface area (Å²) in [5.74, 6) is 0. The van der Waals surface area contributed by atoms with Crippen LogP contribution in [0.2, 0.25) is 0 Å². The number of fused-ring (bicyclic) bond motifs is 1. The number of ether oxygens (including phenoxy) is 1. The zero-order chi connectivity index (χ0) is 13.2. The molecule has 0 fully saturated rings. The van der Waals surface area contributed by atoms with Gasteiger partial charge >= 0.3 is 0 Å². The molecule has 0 saturated heterocycles. The summed E-state index contributed by atoms with van der Waals surface area (Å²) in [7, 11) is -2.01. The number of nitrogens with one attached hydrogen (secondary N) is 2. The van der Waals surface area contributed by atoms with E-state index in [0.29, 0.717) is 23.2 Å². The Balaban J connectivity index is 2.36. The first kappa shape index (κ1) is 12.9. The molecular weight excluding hydrogens is 254 g/mol. The predicted molar refractivity (Wildman–Crippen MR) is 69.8 cm³/mol. The van der Waals surface area contributed by atoms with E-state index < -0.39 is 10.0 Å². The normalized spacial score (nSPS) is 12.1. The van der Waals surface area contributed by atoms with Crippen molar-refractivity contribution in [1.82, 2.24) is 9.71 Å². The summed E-state index contributed by atoms with van der Waals surface area (Å²) in [5, 5.41) is 0.620. The van der Waals surface area contributed by atoms with Gasteiger partial charge in [0, 0.05) is 36.4 Å². The van der Waals surface area contributed by atoms with Gasteiger partial charge in [-0.1, -0.05) is 0 Å². The van der Waals surface area contributed by atoms with E-state index in [1.165, 1.54) is 13.3 Å². The summed E-state index contributed by atoms with van der Waals surface area (Å²) >= 11 is 0. The highest BCUT2D eigenvalue weighted by Crippen LogP contribution is 2.24. The fourth-order valence-corrected chi connectivity index (χ4v) is 2.88.